The van der Waals surface area contributed by atoms with Crippen molar-refractivity contribution in [2.24, 2.45) is 0 Å². The SMILES string of the molecule is O=P(O)(O)c1nc2c(cc1N1CCSCC1)CNCC2O. The van der Waals surface area contributed by atoms with Gasteiger partial charge in [-0.15, -0.1) is 0 Å². The highest BCUT2D eigenvalue weighted by molar-refractivity contribution is 7.99. The Morgan fingerprint density at radius 1 is 1.38 bits per heavy atom. The first-order valence-electron chi connectivity index (χ1n) is 6.78. The van der Waals surface area contributed by atoms with E-state index < -0.39 is 13.7 Å². The monoisotopic (exact) mass is 331 g/mol. The maximum Gasteiger partial charge on any atom is 0.376 e. The van der Waals surface area contributed by atoms with Crippen molar-refractivity contribution < 1.29 is 19.5 Å². The number of aliphatic hydroxyl groups is 1. The summed E-state index contributed by atoms with van der Waals surface area (Å²) in [5, 5.41) is 13.0. The molecule has 2 aliphatic rings. The van der Waals surface area contributed by atoms with Crippen LogP contribution in [0, 0.1) is 0 Å². The van der Waals surface area contributed by atoms with Gasteiger partial charge in [-0.1, -0.05) is 0 Å². The molecule has 21 heavy (non-hydrogen) atoms. The number of fused-ring (bicyclic) bond motifs is 1. The van der Waals surface area contributed by atoms with E-state index in [1.54, 1.807) is 6.07 Å². The Labute approximate surface area is 126 Å². The molecule has 0 aromatic carbocycles. The molecule has 0 spiro atoms. The Balaban J connectivity index is 2.10. The minimum Gasteiger partial charge on any atom is -0.385 e. The largest absolute Gasteiger partial charge is 0.385 e. The second-order valence-electron chi connectivity index (χ2n) is 5.17. The van der Waals surface area contributed by atoms with Gasteiger partial charge in [0, 0.05) is 37.7 Å². The number of aliphatic hydroxyl groups excluding tert-OH is 1. The van der Waals surface area contributed by atoms with Gasteiger partial charge >= 0.3 is 7.60 Å². The van der Waals surface area contributed by atoms with Crippen molar-refractivity contribution in [3.8, 4) is 0 Å². The Morgan fingerprint density at radius 2 is 2.10 bits per heavy atom. The molecule has 1 unspecified atom stereocenters. The van der Waals surface area contributed by atoms with Crippen LogP contribution in [-0.2, 0) is 11.1 Å². The zero-order valence-electron chi connectivity index (χ0n) is 11.4. The van der Waals surface area contributed by atoms with Crippen LogP contribution in [-0.4, -0.2) is 51.0 Å². The Hall–Kier alpha value is -0.630. The summed E-state index contributed by atoms with van der Waals surface area (Å²) in [5.74, 6) is 1.86. The number of hydrogen-bond acceptors (Lipinski definition) is 6. The van der Waals surface area contributed by atoms with E-state index >= 15 is 0 Å². The Kier molecular flexibility index (Phi) is 4.27. The van der Waals surface area contributed by atoms with Gasteiger partial charge in [-0.25, -0.2) is 4.98 Å². The highest BCUT2D eigenvalue weighted by Gasteiger charge is 2.31. The molecule has 1 saturated heterocycles. The van der Waals surface area contributed by atoms with Gasteiger partial charge in [-0.2, -0.15) is 11.8 Å². The van der Waals surface area contributed by atoms with Gasteiger partial charge in [-0.3, -0.25) is 4.57 Å². The van der Waals surface area contributed by atoms with Crippen LogP contribution in [0.15, 0.2) is 6.07 Å². The molecule has 0 aliphatic carbocycles. The Bertz CT molecular complexity index is 588. The van der Waals surface area contributed by atoms with Gasteiger partial charge in [0.2, 0.25) is 0 Å². The molecule has 1 aromatic rings. The predicted octanol–water partition coefficient (Wildman–Crippen LogP) is -0.426. The van der Waals surface area contributed by atoms with Crippen LogP contribution in [0.5, 0.6) is 0 Å². The van der Waals surface area contributed by atoms with Gasteiger partial charge in [0.05, 0.1) is 11.4 Å². The van der Waals surface area contributed by atoms with Crippen LogP contribution in [0.25, 0.3) is 0 Å². The van der Waals surface area contributed by atoms with Crippen LogP contribution < -0.4 is 15.7 Å². The fourth-order valence-corrected chi connectivity index (χ4v) is 4.31. The molecule has 4 N–H and O–H groups in total. The van der Waals surface area contributed by atoms with Gasteiger partial charge in [-0.05, 0) is 11.6 Å². The quantitative estimate of drug-likeness (QED) is 0.541. The minimum atomic E-state index is -4.49. The number of aromatic nitrogens is 1. The van der Waals surface area contributed by atoms with Crippen molar-refractivity contribution in [1.82, 2.24) is 10.3 Å². The number of hydrogen-bond donors (Lipinski definition) is 4. The zero-order chi connectivity index (χ0) is 15.0. The lowest BCUT2D eigenvalue weighted by atomic mass is 10.0. The molecule has 1 atom stereocenters. The maximum atomic E-state index is 11.8. The third-order valence-electron chi connectivity index (χ3n) is 3.69. The van der Waals surface area contributed by atoms with Gasteiger partial charge in [0.1, 0.15) is 6.10 Å². The second-order valence-corrected chi connectivity index (χ2v) is 7.90. The van der Waals surface area contributed by atoms with Crippen LogP contribution >= 0.6 is 19.4 Å². The number of thioether (sulfide) groups is 1. The van der Waals surface area contributed by atoms with Crippen molar-refractivity contribution >= 4 is 30.5 Å². The van der Waals surface area contributed by atoms with Gasteiger partial charge in [0.15, 0.2) is 5.44 Å². The standard InChI is InChI=1S/C12H18N3O4PS/c16-10-7-13-6-8-5-9(15-1-3-21-4-2-15)12(14-11(8)10)20(17,18)19/h5,10,13,16H,1-4,6-7H2,(H2,17,18,19). The van der Waals surface area contributed by atoms with Gasteiger partial charge < -0.3 is 25.1 Å². The van der Waals surface area contributed by atoms with Crippen LogP contribution in [0.2, 0.25) is 0 Å². The molecule has 0 amide bonds. The molecule has 1 fully saturated rings. The normalized spacial score (nSPS) is 23.0. The van der Waals surface area contributed by atoms with E-state index in [0.29, 0.717) is 24.5 Å². The fourth-order valence-electron chi connectivity index (χ4n) is 2.67. The van der Waals surface area contributed by atoms with E-state index in [9.17, 15) is 19.5 Å². The summed E-state index contributed by atoms with van der Waals surface area (Å²) in [6.45, 7) is 2.39. The number of β-amino-alcohol motifs (C(OH)–C–C–N with tert-alkyl or cyclic N) is 1. The summed E-state index contributed by atoms with van der Waals surface area (Å²) < 4.78 is 11.8. The molecule has 2 aliphatic heterocycles. The van der Waals surface area contributed by atoms with Crippen LogP contribution in [0.1, 0.15) is 17.4 Å². The third kappa shape index (κ3) is 3.11. The number of nitrogens with zero attached hydrogens (tertiary/aromatic N) is 2. The summed E-state index contributed by atoms with van der Waals surface area (Å²) >= 11 is 1.83. The average Bonchev–Trinajstić information content (AvgIpc) is 2.46. The third-order valence-corrected chi connectivity index (χ3v) is 5.52. The summed E-state index contributed by atoms with van der Waals surface area (Å²) in [6.07, 6.45) is -0.829. The summed E-state index contributed by atoms with van der Waals surface area (Å²) in [7, 11) is -4.49. The van der Waals surface area contributed by atoms with E-state index in [1.165, 1.54) is 0 Å². The zero-order valence-corrected chi connectivity index (χ0v) is 13.1. The Morgan fingerprint density at radius 3 is 2.76 bits per heavy atom. The number of nitrogens with one attached hydrogen (secondary N) is 1. The van der Waals surface area contributed by atoms with Crippen molar-refractivity contribution in [3.63, 3.8) is 0 Å². The molecule has 3 rings (SSSR count). The van der Waals surface area contributed by atoms with Crippen molar-refractivity contribution in [3.05, 3.63) is 17.3 Å². The van der Waals surface area contributed by atoms with Crippen molar-refractivity contribution in [2.75, 3.05) is 36.0 Å². The van der Waals surface area contributed by atoms with Crippen molar-refractivity contribution in [1.29, 1.82) is 0 Å². The van der Waals surface area contributed by atoms with E-state index in [0.717, 1.165) is 30.2 Å². The second kappa shape index (κ2) is 5.87. The number of anilines is 1. The number of pyridine rings is 1. The lowest BCUT2D eigenvalue weighted by molar-refractivity contribution is 0.160. The summed E-state index contributed by atoms with van der Waals surface area (Å²) in [6, 6.07) is 1.77. The minimum absolute atomic E-state index is 0.214. The summed E-state index contributed by atoms with van der Waals surface area (Å²) in [5.41, 5.74) is 1.47. The average molecular weight is 331 g/mol. The first-order valence-corrected chi connectivity index (χ1v) is 9.55. The predicted molar refractivity (Wildman–Crippen MR) is 82.1 cm³/mol. The molecular formula is C12H18N3O4PS. The van der Waals surface area contributed by atoms with E-state index in [4.69, 9.17) is 0 Å². The van der Waals surface area contributed by atoms with E-state index in [1.807, 2.05) is 16.7 Å². The molecule has 3 heterocycles. The van der Waals surface area contributed by atoms with Crippen molar-refractivity contribution in [2.45, 2.75) is 12.6 Å². The van der Waals surface area contributed by atoms with E-state index in [2.05, 4.69) is 10.3 Å². The highest BCUT2D eigenvalue weighted by Crippen LogP contribution is 2.39. The summed E-state index contributed by atoms with van der Waals surface area (Å²) in [4.78, 5) is 25.3. The molecule has 0 bridgehead atoms. The fraction of sp³-hybridized carbons (Fsp3) is 0.583. The molecule has 9 heteroatoms. The highest BCUT2D eigenvalue weighted by atomic mass is 32.2. The van der Waals surface area contributed by atoms with Crippen LogP contribution in [0.3, 0.4) is 0 Å². The first kappa shape index (κ1) is 15.3. The molecule has 0 saturated carbocycles. The topological polar surface area (TPSA) is 106 Å². The first-order chi connectivity index (χ1) is 9.97. The van der Waals surface area contributed by atoms with Gasteiger partial charge in [0.25, 0.3) is 0 Å². The van der Waals surface area contributed by atoms with E-state index in [-0.39, 0.29) is 5.44 Å². The molecule has 7 nitrogen and oxygen atoms in total. The molecule has 116 valence electrons. The number of rotatable bonds is 2. The lowest BCUT2D eigenvalue weighted by Crippen LogP contribution is -2.38. The molecule has 0 radical (unpaired) electrons. The maximum absolute atomic E-state index is 11.8. The smallest absolute Gasteiger partial charge is 0.376 e. The lowest BCUT2D eigenvalue weighted by Gasteiger charge is -2.32. The molecular weight excluding hydrogens is 313 g/mol. The molecule has 1 aromatic heterocycles. The van der Waals surface area contributed by atoms with Crippen LogP contribution in [0.4, 0.5) is 5.69 Å².